The lowest BCUT2D eigenvalue weighted by Crippen LogP contribution is -2.12. The fraction of sp³-hybridized carbons (Fsp3) is 0.583. The Kier molecular flexibility index (Phi) is 5.08. The number of anilines is 2. The van der Waals surface area contributed by atoms with Gasteiger partial charge in [0.25, 0.3) is 5.69 Å². The number of nitrogens with two attached hydrogens (primary N) is 1. The van der Waals surface area contributed by atoms with E-state index in [0.29, 0.717) is 19.0 Å². The molecule has 1 heterocycles. The van der Waals surface area contributed by atoms with Crippen LogP contribution in [0.3, 0.4) is 0 Å². The van der Waals surface area contributed by atoms with Crippen LogP contribution in [0.1, 0.15) is 19.3 Å². The molecule has 0 saturated heterocycles. The van der Waals surface area contributed by atoms with E-state index in [1.807, 2.05) is 0 Å². The number of aromatic nitrogens is 1. The maximum Gasteiger partial charge on any atom is 0.276 e. The zero-order valence-corrected chi connectivity index (χ0v) is 11.2. The number of rotatable bonds is 9. The lowest BCUT2D eigenvalue weighted by atomic mass is 10.3. The summed E-state index contributed by atoms with van der Waals surface area (Å²) in [6, 6.07) is 2.66. The van der Waals surface area contributed by atoms with Crippen LogP contribution in [-0.4, -0.2) is 29.7 Å². The average Bonchev–Trinajstić information content (AvgIpc) is 3.26. The number of hydrogen-bond donors (Lipinski definition) is 3. The van der Waals surface area contributed by atoms with Crippen molar-refractivity contribution in [3.63, 3.8) is 0 Å². The molecule has 2 rings (SSSR count). The molecule has 8 nitrogen and oxygen atoms in total. The second kappa shape index (κ2) is 7.01. The topological polar surface area (TPSA) is 115 Å². The lowest BCUT2D eigenvalue weighted by Gasteiger charge is -2.08. The number of ether oxygens (including phenoxy) is 1. The minimum absolute atomic E-state index is 0.0552. The minimum Gasteiger partial charge on any atom is -0.381 e. The normalized spacial score (nSPS) is 14.1. The van der Waals surface area contributed by atoms with E-state index in [1.54, 1.807) is 0 Å². The predicted molar refractivity (Wildman–Crippen MR) is 75.4 cm³/mol. The van der Waals surface area contributed by atoms with Gasteiger partial charge in [-0.3, -0.25) is 10.1 Å². The van der Waals surface area contributed by atoms with Crippen LogP contribution < -0.4 is 16.6 Å². The summed E-state index contributed by atoms with van der Waals surface area (Å²) >= 11 is 0. The molecule has 110 valence electrons. The fourth-order valence-corrected chi connectivity index (χ4v) is 1.71. The minimum atomic E-state index is -0.480. The number of nitro groups is 1. The summed E-state index contributed by atoms with van der Waals surface area (Å²) in [4.78, 5) is 14.4. The van der Waals surface area contributed by atoms with Gasteiger partial charge in [0.15, 0.2) is 0 Å². The Morgan fingerprint density at radius 1 is 1.45 bits per heavy atom. The molecular weight excluding hydrogens is 262 g/mol. The summed E-state index contributed by atoms with van der Waals surface area (Å²) in [7, 11) is 0. The first-order valence-electron chi connectivity index (χ1n) is 6.63. The maximum absolute atomic E-state index is 10.8. The van der Waals surface area contributed by atoms with Crippen LogP contribution in [0.4, 0.5) is 17.3 Å². The van der Waals surface area contributed by atoms with Gasteiger partial charge in [0.1, 0.15) is 11.6 Å². The molecule has 1 aliphatic carbocycles. The molecule has 0 aromatic carbocycles. The van der Waals surface area contributed by atoms with Crippen molar-refractivity contribution >= 4 is 17.3 Å². The number of hydrazine groups is 1. The number of pyridine rings is 1. The van der Waals surface area contributed by atoms with Gasteiger partial charge in [0, 0.05) is 19.8 Å². The van der Waals surface area contributed by atoms with Gasteiger partial charge in [-0.1, -0.05) is 0 Å². The largest absolute Gasteiger partial charge is 0.381 e. The Labute approximate surface area is 116 Å². The third-order valence-corrected chi connectivity index (χ3v) is 2.99. The van der Waals surface area contributed by atoms with Gasteiger partial charge in [-0.05, 0) is 25.2 Å². The Morgan fingerprint density at radius 3 is 2.85 bits per heavy atom. The van der Waals surface area contributed by atoms with Crippen molar-refractivity contribution in [2.24, 2.45) is 11.8 Å². The molecule has 0 aliphatic heterocycles. The number of nitrogens with zero attached hydrogens (tertiary/aromatic N) is 2. The SMILES string of the molecule is NNc1cc([N+](=O)[O-])cc(NCCCOCC2CC2)n1. The van der Waals surface area contributed by atoms with Crippen molar-refractivity contribution in [2.75, 3.05) is 30.5 Å². The zero-order valence-electron chi connectivity index (χ0n) is 11.2. The van der Waals surface area contributed by atoms with Crippen LogP contribution in [0.5, 0.6) is 0 Å². The standard InChI is InChI=1S/C12H19N5O3/c13-16-12-7-10(17(18)19)6-11(15-12)14-4-1-5-20-8-9-2-3-9/h6-7,9H,1-5,8,13H2,(H2,14,15,16). The van der Waals surface area contributed by atoms with Gasteiger partial charge < -0.3 is 15.5 Å². The lowest BCUT2D eigenvalue weighted by molar-refractivity contribution is -0.384. The highest BCUT2D eigenvalue weighted by Crippen LogP contribution is 2.28. The molecule has 0 atom stereocenters. The van der Waals surface area contributed by atoms with Gasteiger partial charge in [-0.15, -0.1) is 0 Å². The Hall–Kier alpha value is -1.93. The van der Waals surface area contributed by atoms with E-state index >= 15 is 0 Å². The van der Waals surface area contributed by atoms with Gasteiger partial charge >= 0.3 is 0 Å². The van der Waals surface area contributed by atoms with E-state index < -0.39 is 4.92 Å². The van der Waals surface area contributed by atoms with Gasteiger partial charge in [0.05, 0.1) is 17.1 Å². The summed E-state index contributed by atoms with van der Waals surface area (Å²) < 4.78 is 5.50. The third-order valence-electron chi connectivity index (χ3n) is 2.99. The van der Waals surface area contributed by atoms with Crippen molar-refractivity contribution in [3.8, 4) is 0 Å². The molecule has 1 fully saturated rings. The smallest absolute Gasteiger partial charge is 0.276 e. The first kappa shape index (κ1) is 14.5. The van der Waals surface area contributed by atoms with Crippen LogP contribution in [0.25, 0.3) is 0 Å². The van der Waals surface area contributed by atoms with Crippen LogP contribution >= 0.6 is 0 Å². The monoisotopic (exact) mass is 281 g/mol. The van der Waals surface area contributed by atoms with Gasteiger partial charge in [0.2, 0.25) is 0 Å². The highest BCUT2D eigenvalue weighted by Gasteiger charge is 2.20. The zero-order chi connectivity index (χ0) is 14.4. The van der Waals surface area contributed by atoms with E-state index in [4.69, 9.17) is 10.6 Å². The van der Waals surface area contributed by atoms with Crippen molar-refractivity contribution < 1.29 is 9.66 Å². The van der Waals surface area contributed by atoms with Crippen LogP contribution in [0.15, 0.2) is 12.1 Å². The molecule has 0 spiro atoms. The fourth-order valence-electron chi connectivity index (χ4n) is 1.71. The molecule has 8 heteroatoms. The highest BCUT2D eigenvalue weighted by molar-refractivity contribution is 5.54. The molecule has 1 aromatic heterocycles. The quantitative estimate of drug-likeness (QED) is 0.272. The van der Waals surface area contributed by atoms with Crippen LogP contribution in [-0.2, 0) is 4.74 Å². The van der Waals surface area contributed by atoms with Crippen molar-refractivity contribution in [3.05, 3.63) is 22.2 Å². The molecule has 0 radical (unpaired) electrons. The molecule has 0 unspecified atom stereocenters. The van der Waals surface area contributed by atoms with E-state index in [0.717, 1.165) is 18.9 Å². The summed E-state index contributed by atoms with van der Waals surface area (Å²) in [5.41, 5.74) is 2.26. The first-order chi connectivity index (χ1) is 9.69. The van der Waals surface area contributed by atoms with E-state index in [2.05, 4.69) is 15.7 Å². The molecule has 0 bridgehead atoms. The third kappa shape index (κ3) is 4.63. The van der Waals surface area contributed by atoms with Gasteiger partial charge in [-0.2, -0.15) is 0 Å². The van der Waals surface area contributed by atoms with Crippen molar-refractivity contribution in [1.82, 2.24) is 4.98 Å². The van der Waals surface area contributed by atoms with Crippen molar-refractivity contribution in [1.29, 1.82) is 0 Å². The Bertz CT molecular complexity index is 464. The number of nitrogens with one attached hydrogen (secondary N) is 2. The van der Waals surface area contributed by atoms with E-state index in [1.165, 1.54) is 25.0 Å². The predicted octanol–water partition coefficient (Wildman–Crippen LogP) is 1.50. The molecular formula is C12H19N5O3. The van der Waals surface area contributed by atoms with Crippen molar-refractivity contribution in [2.45, 2.75) is 19.3 Å². The molecule has 1 saturated carbocycles. The second-order valence-electron chi connectivity index (χ2n) is 4.80. The molecule has 1 aromatic rings. The summed E-state index contributed by atoms with van der Waals surface area (Å²) in [6.45, 7) is 2.17. The van der Waals surface area contributed by atoms with Crippen LogP contribution in [0.2, 0.25) is 0 Å². The van der Waals surface area contributed by atoms with E-state index in [9.17, 15) is 10.1 Å². The van der Waals surface area contributed by atoms with Crippen LogP contribution in [0, 0.1) is 16.0 Å². The van der Waals surface area contributed by atoms with E-state index in [-0.39, 0.29) is 11.5 Å². The number of nitrogen functional groups attached to an aromatic ring is 1. The number of hydrogen-bond acceptors (Lipinski definition) is 7. The Morgan fingerprint density at radius 2 is 2.20 bits per heavy atom. The first-order valence-corrected chi connectivity index (χ1v) is 6.63. The average molecular weight is 281 g/mol. The summed E-state index contributed by atoms with van der Waals surface area (Å²) in [5, 5.41) is 13.8. The van der Waals surface area contributed by atoms with Gasteiger partial charge in [-0.25, -0.2) is 10.8 Å². The summed E-state index contributed by atoms with van der Waals surface area (Å²) in [5.74, 6) is 6.68. The highest BCUT2D eigenvalue weighted by atomic mass is 16.6. The second-order valence-corrected chi connectivity index (χ2v) is 4.80. The summed E-state index contributed by atoms with van der Waals surface area (Å²) in [6.07, 6.45) is 3.39. The molecule has 20 heavy (non-hydrogen) atoms. The maximum atomic E-state index is 10.8. The molecule has 4 N–H and O–H groups in total. The molecule has 0 amide bonds. The Balaban J connectivity index is 1.75. The molecule has 1 aliphatic rings.